The standard InChI is InChI=1S/C10H17N/c1-4-5-9(2)8-10(3)6-7-11/h4-8,10H,11H2,1-3H3/b5-4-,7-6-,9-8-. The summed E-state index contributed by atoms with van der Waals surface area (Å²) in [5.41, 5.74) is 6.53. The average Bonchev–Trinajstić information content (AvgIpc) is 1.87. The minimum Gasteiger partial charge on any atom is -0.405 e. The van der Waals surface area contributed by atoms with Crippen molar-refractivity contribution < 1.29 is 0 Å². The van der Waals surface area contributed by atoms with Crippen molar-refractivity contribution >= 4 is 0 Å². The Morgan fingerprint density at radius 3 is 2.55 bits per heavy atom. The van der Waals surface area contributed by atoms with Gasteiger partial charge in [-0.3, -0.25) is 0 Å². The maximum Gasteiger partial charge on any atom is -0.00590 e. The molecule has 0 aromatic rings. The van der Waals surface area contributed by atoms with Crippen LogP contribution in [0.5, 0.6) is 0 Å². The van der Waals surface area contributed by atoms with Gasteiger partial charge in [-0.1, -0.05) is 36.8 Å². The van der Waals surface area contributed by atoms with Crippen molar-refractivity contribution in [2.45, 2.75) is 20.8 Å². The molecule has 0 aromatic heterocycles. The van der Waals surface area contributed by atoms with E-state index in [2.05, 4.69) is 26.0 Å². The van der Waals surface area contributed by atoms with Crippen molar-refractivity contribution in [2.75, 3.05) is 0 Å². The lowest BCUT2D eigenvalue weighted by molar-refractivity contribution is 0.926. The summed E-state index contributed by atoms with van der Waals surface area (Å²) >= 11 is 0. The Morgan fingerprint density at radius 1 is 1.45 bits per heavy atom. The van der Waals surface area contributed by atoms with Crippen LogP contribution in [-0.4, -0.2) is 0 Å². The lowest BCUT2D eigenvalue weighted by Crippen LogP contribution is -1.87. The molecule has 1 unspecified atom stereocenters. The van der Waals surface area contributed by atoms with Gasteiger partial charge < -0.3 is 5.73 Å². The first kappa shape index (κ1) is 10.0. The molecule has 0 saturated carbocycles. The zero-order chi connectivity index (χ0) is 8.69. The number of rotatable bonds is 3. The van der Waals surface area contributed by atoms with Gasteiger partial charge in [-0.05, 0) is 26.0 Å². The van der Waals surface area contributed by atoms with E-state index in [0.717, 1.165) is 0 Å². The van der Waals surface area contributed by atoms with E-state index in [9.17, 15) is 0 Å². The van der Waals surface area contributed by atoms with Crippen molar-refractivity contribution in [3.63, 3.8) is 0 Å². The molecule has 1 heteroatoms. The van der Waals surface area contributed by atoms with E-state index in [-0.39, 0.29) is 0 Å². The molecule has 62 valence electrons. The maximum atomic E-state index is 5.25. The highest BCUT2D eigenvalue weighted by Gasteiger charge is 1.89. The van der Waals surface area contributed by atoms with Gasteiger partial charge in [0.15, 0.2) is 0 Å². The summed E-state index contributed by atoms with van der Waals surface area (Å²) in [6.45, 7) is 6.21. The highest BCUT2D eigenvalue weighted by molar-refractivity contribution is 5.17. The molecule has 2 N–H and O–H groups in total. The fourth-order valence-electron chi connectivity index (χ4n) is 0.964. The zero-order valence-corrected chi connectivity index (χ0v) is 7.54. The van der Waals surface area contributed by atoms with Crippen LogP contribution >= 0.6 is 0 Å². The van der Waals surface area contributed by atoms with Gasteiger partial charge in [0.05, 0.1) is 0 Å². The normalized spacial score (nSPS) is 16.5. The Labute approximate surface area is 69.3 Å². The van der Waals surface area contributed by atoms with E-state index in [4.69, 9.17) is 5.73 Å². The number of nitrogens with two attached hydrogens (primary N) is 1. The third kappa shape index (κ3) is 5.46. The molecule has 0 heterocycles. The first-order valence-electron chi connectivity index (χ1n) is 3.90. The van der Waals surface area contributed by atoms with Crippen LogP contribution in [0, 0.1) is 5.92 Å². The van der Waals surface area contributed by atoms with E-state index < -0.39 is 0 Å². The molecule has 0 amide bonds. The van der Waals surface area contributed by atoms with Crippen molar-refractivity contribution in [2.24, 2.45) is 11.7 Å². The van der Waals surface area contributed by atoms with Crippen LogP contribution in [0.25, 0.3) is 0 Å². The van der Waals surface area contributed by atoms with E-state index in [1.807, 2.05) is 19.1 Å². The lowest BCUT2D eigenvalue weighted by Gasteiger charge is -1.98. The predicted molar refractivity (Wildman–Crippen MR) is 51.1 cm³/mol. The fourth-order valence-corrected chi connectivity index (χ4v) is 0.964. The van der Waals surface area contributed by atoms with E-state index in [0.29, 0.717) is 5.92 Å². The molecule has 11 heavy (non-hydrogen) atoms. The summed E-state index contributed by atoms with van der Waals surface area (Å²) in [6.07, 6.45) is 9.84. The molecule has 0 bridgehead atoms. The van der Waals surface area contributed by atoms with Crippen LogP contribution in [0.2, 0.25) is 0 Å². The lowest BCUT2D eigenvalue weighted by atomic mass is 10.1. The van der Waals surface area contributed by atoms with Crippen molar-refractivity contribution in [1.29, 1.82) is 0 Å². The predicted octanol–water partition coefficient (Wildman–Crippen LogP) is 2.62. The summed E-state index contributed by atoms with van der Waals surface area (Å²) in [5.74, 6) is 0.427. The number of allylic oxidation sites excluding steroid dienone is 5. The van der Waals surface area contributed by atoms with Crippen LogP contribution in [-0.2, 0) is 0 Å². The minimum atomic E-state index is 0.427. The molecule has 0 saturated heterocycles. The topological polar surface area (TPSA) is 26.0 Å². The molecule has 0 aliphatic heterocycles. The molecular formula is C10H17N. The van der Waals surface area contributed by atoms with Gasteiger partial charge >= 0.3 is 0 Å². The van der Waals surface area contributed by atoms with Crippen LogP contribution in [0.3, 0.4) is 0 Å². The number of hydrogen-bond donors (Lipinski definition) is 1. The van der Waals surface area contributed by atoms with Crippen molar-refractivity contribution in [3.8, 4) is 0 Å². The molecule has 1 atom stereocenters. The van der Waals surface area contributed by atoms with Gasteiger partial charge in [0.2, 0.25) is 0 Å². The van der Waals surface area contributed by atoms with Crippen molar-refractivity contribution in [3.05, 3.63) is 36.1 Å². The second-order valence-corrected chi connectivity index (χ2v) is 2.65. The molecule has 0 spiro atoms. The Morgan fingerprint density at radius 2 is 2.09 bits per heavy atom. The second kappa shape index (κ2) is 5.78. The van der Waals surface area contributed by atoms with Crippen LogP contribution in [0.15, 0.2) is 36.1 Å². The third-order valence-corrected chi connectivity index (χ3v) is 1.37. The molecule has 0 radical (unpaired) electrons. The van der Waals surface area contributed by atoms with Gasteiger partial charge in [-0.15, -0.1) is 0 Å². The Balaban J connectivity index is 4.06. The SMILES string of the molecule is C/C=C\C(C)=C/C(C)/C=C\N. The van der Waals surface area contributed by atoms with Crippen molar-refractivity contribution in [1.82, 2.24) is 0 Å². The first-order chi connectivity index (χ1) is 5.20. The quantitative estimate of drug-likeness (QED) is 0.616. The Bertz CT molecular complexity index is 175. The zero-order valence-electron chi connectivity index (χ0n) is 7.54. The smallest absolute Gasteiger partial charge is 0.00590 e. The second-order valence-electron chi connectivity index (χ2n) is 2.65. The van der Waals surface area contributed by atoms with Gasteiger partial charge in [0.25, 0.3) is 0 Å². The summed E-state index contributed by atoms with van der Waals surface area (Å²) in [5, 5.41) is 0. The van der Waals surface area contributed by atoms with Crippen LogP contribution in [0.4, 0.5) is 0 Å². The minimum absolute atomic E-state index is 0.427. The maximum absolute atomic E-state index is 5.25. The molecule has 1 nitrogen and oxygen atoms in total. The van der Waals surface area contributed by atoms with E-state index >= 15 is 0 Å². The molecule has 0 rings (SSSR count). The third-order valence-electron chi connectivity index (χ3n) is 1.37. The van der Waals surface area contributed by atoms with E-state index in [1.165, 1.54) is 5.57 Å². The molecule has 0 aliphatic carbocycles. The van der Waals surface area contributed by atoms with Gasteiger partial charge in [0, 0.05) is 0 Å². The summed E-state index contributed by atoms with van der Waals surface area (Å²) in [6, 6.07) is 0. The average molecular weight is 151 g/mol. The number of hydrogen-bond acceptors (Lipinski definition) is 1. The summed E-state index contributed by atoms with van der Waals surface area (Å²) in [4.78, 5) is 0. The molecule has 0 fully saturated rings. The summed E-state index contributed by atoms with van der Waals surface area (Å²) in [7, 11) is 0. The largest absolute Gasteiger partial charge is 0.405 e. The highest BCUT2D eigenvalue weighted by atomic mass is 14.5. The molecule has 0 aliphatic rings. The van der Waals surface area contributed by atoms with Crippen LogP contribution < -0.4 is 5.73 Å². The fraction of sp³-hybridized carbons (Fsp3) is 0.400. The monoisotopic (exact) mass is 151 g/mol. The first-order valence-corrected chi connectivity index (χ1v) is 3.90. The Kier molecular flexibility index (Phi) is 5.26. The summed E-state index contributed by atoms with van der Waals surface area (Å²) < 4.78 is 0. The molecular weight excluding hydrogens is 134 g/mol. The molecule has 0 aromatic carbocycles. The Hall–Kier alpha value is -0.980. The van der Waals surface area contributed by atoms with Gasteiger partial charge in [0.1, 0.15) is 0 Å². The van der Waals surface area contributed by atoms with Crippen LogP contribution in [0.1, 0.15) is 20.8 Å². The van der Waals surface area contributed by atoms with Gasteiger partial charge in [-0.25, -0.2) is 0 Å². The van der Waals surface area contributed by atoms with E-state index in [1.54, 1.807) is 6.20 Å². The highest BCUT2D eigenvalue weighted by Crippen LogP contribution is 2.04. The van der Waals surface area contributed by atoms with Gasteiger partial charge in [-0.2, -0.15) is 0 Å².